The lowest BCUT2D eigenvalue weighted by Crippen LogP contribution is -2.54. The smallest absolute Gasteiger partial charge is 0.262 e. The van der Waals surface area contributed by atoms with E-state index in [1.807, 2.05) is 29.2 Å². The highest BCUT2D eigenvalue weighted by atomic mass is 16.2. The van der Waals surface area contributed by atoms with Crippen molar-refractivity contribution >= 4 is 41.5 Å². The van der Waals surface area contributed by atoms with Crippen LogP contribution in [0.25, 0.3) is 6.08 Å². The quantitative estimate of drug-likeness (QED) is 0.0718. The second-order valence-corrected chi connectivity index (χ2v) is 17.1. The van der Waals surface area contributed by atoms with Crippen molar-refractivity contribution in [3.8, 4) is 11.8 Å². The van der Waals surface area contributed by atoms with Gasteiger partial charge in [0.25, 0.3) is 17.7 Å². The number of fused-ring (bicyclic) bond motifs is 1. The molecular weight excluding hydrogens is 781 g/mol. The number of carbonyl (C=O) groups excluding carboxylic acids is 6. The molecule has 4 aliphatic heterocycles. The fourth-order valence-corrected chi connectivity index (χ4v) is 9.09. The third-order valence-corrected chi connectivity index (χ3v) is 12.8. The average molecular weight is 839 g/mol. The van der Waals surface area contributed by atoms with E-state index in [4.69, 9.17) is 0 Å². The molecule has 12 heteroatoms. The van der Waals surface area contributed by atoms with Crippen LogP contribution >= 0.6 is 0 Å². The first-order valence-electron chi connectivity index (χ1n) is 22.6. The van der Waals surface area contributed by atoms with Gasteiger partial charge in [-0.15, -0.1) is 0 Å². The van der Waals surface area contributed by atoms with Crippen LogP contribution in [0, 0.1) is 17.8 Å². The van der Waals surface area contributed by atoms with Gasteiger partial charge in [-0.2, -0.15) is 0 Å². The Kier molecular flexibility index (Phi) is 15.5. The van der Waals surface area contributed by atoms with Gasteiger partial charge in [-0.3, -0.25) is 44.0 Å². The average Bonchev–Trinajstić information content (AvgIpc) is 3.54. The third kappa shape index (κ3) is 11.7. The predicted octanol–water partition coefficient (Wildman–Crippen LogP) is 6.52. The molecule has 62 heavy (non-hydrogen) atoms. The van der Waals surface area contributed by atoms with Crippen molar-refractivity contribution in [3.63, 3.8) is 0 Å². The molecule has 0 spiro atoms. The topological polar surface area (TPSA) is 149 Å². The van der Waals surface area contributed by atoms with Crippen molar-refractivity contribution in [1.29, 1.82) is 0 Å². The molecule has 1 unspecified atom stereocenters. The molecule has 5 heterocycles. The van der Waals surface area contributed by atoms with E-state index in [0.717, 1.165) is 126 Å². The molecule has 0 bridgehead atoms. The van der Waals surface area contributed by atoms with Crippen LogP contribution in [0.4, 0.5) is 0 Å². The molecule has 2 aromatic carbocycles. The number of pyridine rings is 1. The van der Waals surface area contributed by atoms with Gasteiger partial charge >= 0.3 is 0 Å². The fraction of sp³-hybridized carbons (Fsp3) is 0.460. The Labute approximate surface area is 364 Å². The Bertz CT molecular complexity index is 2180. The lowest BCUT2D eigenvalue weighted by atomic mass is 9.88. The van der Waals surface area contributed by atoms with Crippen molar-refractivity contribution in [2.45, 2.75) is 102 Å². The molecule has 3 aromatic rings. The van der Waals surface area contributed by atoms with E-state index in [9.17, 15) is 28.8 Å². The summed E-state index contributed by atoms with van der Waals surface area (Å²) in [5.74, 6) is 5.49. The standard InChI is InChI=1S/C50H58N6O6/c57-45(21-14-38-12-9-27-51-35-38)52-28-7-6-10-36-23-32-55(33-24-36)48(60)41-17-15-39(16-18-41)40-25-30-54(31-26-40)29-8-4-2-1-3-5-11-37-13-19-42-43(34-37)50(62)56(49(42)61)44-20-22-46(58)53-47(44)59/h9,12-19,21,27,34-36,40,44H,1-4,6-8,10,20,22-26,28-33H2,(H,52,57)(H,53,58,59)/b21-14+. The summed E-state index contributed by atoms with van der Waals surface area (Å²) in [6, 6.07) is 16.1. The highest BCUT2D eigenvalue weighted by Gasteiger charge is 2.44. The van der Waals surface area contributed by atoms with Gasteiger partial charge in [0, 0.05) is 62.1 Å². The molecule has 3 saturated heterocycles. The first kappa shape index (κ1) is 44.1. The first-order valence-corrected chi connectivity index (χ1v) is 22.6. The maximum Gasteiger partial charge on any atom is 0.262 e. The molecule has 0 aliphatic carbocycles. The Balaban J connectivity index is 0.725. The van der Waals surface area contributed by atoms with Crippen molar-refractivity contribution < 1.29 is 28.8 Å². The van der Waals surface area contributed by atoms with Crippen LogP contribution in [-0.2, 0) is 14.4 Å². The van der Waals surface area contributed by atoms with E-state index in [2.05, 4.69) is 44.5 Å². The Morgan fingerprint density at radius 2 is 1.60 bits per heavy atom. The van der Waals surface area contributed by atoms with Crippen LogP contribution in [0.1, 0.15) is 144 Å². The van der Waals surface area contributed by atoms with E-state index in [-0.39, 0.29) is 35.8 Å². The molecule has 0 radical (unpaired) electrons. The van der Waals surface area contributed by atoms with Crippen LogP contribution in [0.15, 0.2) is 73.1 Å². The summed E-state index contributed by atoms with van der Waals surface area (Å²) in [5.41, 5.74) is 4.18. The van der Waals surface area contributed by atoms with E-state index >= 15 is 0 Å². The van der Waals surface area contributed by atoms with E-state index in [0.29, 0.717) is 23.9 Å². The van der Waals surface area contributed by atoms with Gasteiger partial charge in [0.1, 0.15) is 6.04 Å². The maximum absolute atomic E-state index is 13.3. The number of nitrogens with one attached hydrogen (secondary N) is 2. The molecule has 7 rings (SSSR count). The van der Waals surface area contributed by atoms with Crippen molar-refractivity contribution in [2.75, 3.05) is 39.3 Å². The second-order valence-electron chi connectivity index (χ2n) is 17.1. The molecule has 1 aromatic heterocycles. The molecular formula is C50H58N6O6. The number of hydrogen-bond acceptors (Lipinski definition) is 8. The molecule has 1 atom stereocenters. The minimum absolute atomic E-state index is 0.0842. The number of aromatic nitrogens is 1. The Morgan fingerprint density at radius 1 is 0.823 bits per heavy atom. The van der Waals surface area contributed by atoms with Gasteiger partial charge in [-0.05, 0) is 136 Å². The fourth-order valence-electron chi connectivity index (χ4n) is 9.09. The van der Waals surface area contributed by atoms with E-state index < -0.39 is 29.7 Å². The van der Waals surface area contributed by atoms with E-state index in [1.54, 1.807) is 42.7 Å². The summed E-state index contributed by atoms with van der Waals surface area (Å²) in [6.07, 6.45) is 19.6. The summed E-state index contributed by atoms with van der Waals surface area (Å²) in [6.45, 7) is 5.55. The molecule has 12 nitrogen and oxygen atoms in total. The zero-order valence-corrected chi connectivity index (χ0v) is 35.6. The number of hydrogen-bond donors (Lipinski definition) is 2. The van der Waals surface area contributed by atoms with Gasteiger partial charge in [-0.25, -0.2) is 0 Å². The third-order valence-electron chi connectivity index (χ3n) is 12.8. The summed E-state index contributed by atoms with van der Waals surface area (Å²) in [7, 11) is 0. The van der Waals surface area contributed by atoms with Crippen molar-refractivity contribution in [1.82, 2.24) is 30.3 Å². The molecule has 2 N–H and O–H groups in total. The number of carbonyl (C=O) groups is 6. The first-order chi connectivity index (χ1) is 30.2. The minimum atomic E-state index is -0.976. The van der Waals surface area contributed by atoms with Gasteiger partial charge in [-0.1, -0.05) is 55.7 Å². The number of rotatable bonds is 16. The molecule has 4 aliphatic rings. The van der Waals surface area contributed by atoms with Crippen LogP contribution in [-0.4, -0.2) is 100 Å². The largest absolute Gasteiger partial charge is 0.353 e. The van der Waals surface area contributed by atoms with Crippen LogP contribution < -0.4 is 10.6 Å². The van der Waals surface area contributed by atoms with E-state index in [1.165, 1.54) is 5.56 Å². The van der Waals surface area contributed by atoms with Crippen molar-refractivity contribution in [3.05, 3.63) is 106 Å². The summed E-state index contributed by atoms with van der Waals surface area (Å²) >= 11 is 0. The SMILES string of the molecule is O=C(/C=C/c1cccnc1)NCCCCC1CCN(C(=O)c2ccc(C3CCN(CCCCCCC#Cc4ccc5c(c4)C(=O)N(C4CCC(=O)NC4=O)C5=O)CC3)cc2)CC1. The van der Waals surface area contributed by atoms with Gasteiger partial charge in [0.2, 0.25) is 17.7 Å². The lowest BCUT2D eigenvalue weighted by Gasteiger charge is -2.33. The van der Waals surface area contributed by atoms with Gasteiger partial charge in [0.15, 0.2) is 0 Å². The van der Waals surface area contributed by atoms with Crippen LogP contribution in [0.5, 0.6) is 0 Å². The number of piperidine rings is 3. The van der Waals surface area contributed by atoms with Crippen molar-refractivity contribution in [2.24, 2.45) is 5.92 Å². The maximum atomic E-state index is 13.3. The van der Waals surface area contributed by atoms with Gasteiger partial charge < -0.3 is 15.1 Å². The number of amides is 6. The molecule has 6 amide bonds. The number of benzene rings is 2. The van der Waals surface area contributed by atoms with Crippen LogP contribution in [0.2, 0.25) is 0 Å². The highest BCUT2D eigenvalue weighted by Crippen LogP contribution is 2.30. The van der Waals surface area contributed by atoms with Gasteiger partial charge in [0.05, 0.1) is 11.1 Å². The predicted molar refractivity (Wildman–Crippen MR) is 237 cm³/mol. The number of likely N-dealkylation sites (tertiary alicyclic amines) is 2. The normalized spacial score (nSPS) is 18.7. The molecule has 324 valence electrons. The monoisotopic (exact) mass is 838 g/mol. The molecule has 0 saturated carbocycles. The number of nitrogens with zero attached hydrogens (tertiary/aromatic N) is 4. The zero-order valence-electron chi connectivity index (χ0n) is 35.6. The zero-order chi connectivity index (χ0) is 43.3. The number of unbranched alkanes of at least 4 members (excludes halogenated alkanes) is 5. The summed E-state index contributed by atoms with van der Waals surface area (Å²) in [4.78, 5) is 84.9. The van der Waals surface area contributed by atoms with Crippen LogP contribution in [0.3, 0.4) is 0 Å². The Hall–Kier alpha value is -5.93. The summed E-state index contributed by atoms with van der Waals surface area (Å²) < 4.78 is 0. The number of imide groups is 2. The lowest BCUT2D eigenvalue weighted by molar-refractivity contribution is -0.136. The highest BCUT2D eigenvalue weighted by molar-refractivity contribution is 6.23. The second kappa shape index (κ2) is 21.7. The molecule has 3 fully saturated rings. The summed E-state index contributed by atoms with van der Waals surface area (Å²) in [5, 5.41) is 5.18. The Morgan fingerprint density at radius 3 is 2.35 bits per heavy atom. The minimum Gasteiger partial charge on any atom is -0.353 e.